The molecule has 0 radical (unpaired) electrons. The first-order chi connectivity index (χ1) is 9.88. The third-order valence-corrected chi connectivity index (χ3v) is 4.93. The van der Waals surface area contributed by atoms with E-state index in [1.807, 2.05) is 4.90 Å². The number of rotatable bonds is 4. The highest BCUT2D eigenvalue weighted by atomic mass is 32.1. The lowest BCUT2D eigenvalue weighted by atomic mass is 9.98. The van der Waals surface area contributed by atoms with Gasteiger partial charge in [0.15, 0.2) is 0 Å². The molecule has 2 rings (SSSR count). The second kappa shape index (κ2) is 7.24. The van der Waals surface area contributed by atoms with Crippen molar-refractivity contribution in [2.45, 2.75) is 44.3 Å². The van der Waals surface area contributed by atoms with E-state index >= 15 is 0 Å². The Morgan fingerprint density at radius 3 is 2.14 bits per heavy atom. The molecule has 0 aromatic carbocycles. The highest BCUT2D eigenvalue weighted by molar-refractivity contribution is 7.80. The Morgan fingerprint density at radius 2 is 1.67 bits per heavy atom. The van der Waals surface area contributed by atoms with Crippen molar-refractivity contribution in [3.05, 3.63) is 0 Å². The Morgan fingerprint density at radius 1 is 1.10 bits per heavy atom. The van der Waals surface area contributed by atoms with Crippen LogP contribution in [0.25, 0.3) is 0 Å². The standard InChI is InChI=1S/C14H24F3N3S/c15-14(16,17)12(13(18)21)10-19-8-4-11(5-9-19)20-6-2-1-3-7-20/h11-12H,1-10H2,(H2,18,21). The van der Waals surface area contributed by atoms with Crippen LogP contribution in [0.5, 0.6) is 0 Å². The Bertz CT molecular complexity index is 348. The van der Waals surface area contributed by atoms with Crippen LogP contribution in [0.3, 0.4) is 0 Å². The van der Waals surface area contributed by atoms with Crippen molar-refractivity contribution in [2.24, 2.45) is 11.7 Å². The van der Waals surface area contributed by atoms with Crippen molar-refractivity contribution in [1.29, 1.82) is 0 Å². The number of halogens is 3. The molecule has 0 aliphatic carbocycles. The van der Waals surface area contributed by atoms with Gasteiger partial charge >= 0.3 is 6.18 Å². The maximum absolute atomic E-state index is 12.9. The Labute approximate surface area is 129 Å². The van der Waals surface area contributed by atoms with Crippen LogP contribution in [0.15, 0.2) is 0 Å². The SMILES string of the molecule is NC(=S)C(CN1CCC(N2CCCCC2)CC1)C(F)(F)F. The van der Waals surface area contributed by atoms with Gasteiger partial charge in [0.05, 0.1) is 4.99 Å². The van der Waals surface area contributed by atoms with Gasteiger partial charge < -0.3 is 15.5 Å². The fourth-order valence-corrected chi connectivity index (χ4v) is 3.57. The van der Waals surface area contributed by atoms with E-state index < -0.39 is 17.1 Å². The summed E-state index contributed by atoms with van der Waals surface area (Å²) in [5.74, 6) is -1.68. The van der Waals surface area contributed by atoms with Gasteiger partial charge in [-0.15, -0.1) is 0 Å². The van der Waals surface area contributed by atoms with Gasteiger partial charge in [0, 0.05) is 12.6 Å². The molecule has 0 amide bonds. The highest BCUT2D eigenvalue weighted by Crippen LogP contribution is 2.29. The zero-order valence-electron chi connectivity index (χ0n) is 12.2. The van der Waals surface area contributed by atoms with Crippen LogP contribution in [-0.2, 0) is 0 Å². The van der Waals surface area contributed by atoms with Crippen LogP contribution in [0.2, 0.25) is 0 Å². The van der Waals surface area contributed by atoms with Gasteiger partial charge in [-0.1, -0.05) is 18.6 Å². The van der Waals surface area contributed by atoms with Crippen LogP contribution in [0.1, 0.15) is 32.1 Å². The molecule has 122 valence electrons. The zero-order valence-corrected chi connectivity index (χ0v) is 13.1. The number of likely N-dealkylation sites (tertiary alicyclic amines) is 2. The molecule has 2 aliphatic heterocycles. The van der Waals surface area contributed by atoms with Crippen LogP contribution >= 0.6 is 12.2 Å². The van der Waals surface area contributed by atoms with E-state index in [1.165, 1.54) is 19.3 Å². The van der Waals surface area contributed by atoms with Gasteiger partial charge in [0.2, 0.25) is 0 Å². The first-order valence-corrected chi connectivity index (χ1v) is 8.11. The lowest BCUT2D eigenvalue weighted by Crippen LogP contribution is -2.50. The van der Waals surface area contributed by atoms with E-state index in [0.29, 0.717) is 19.1 Å². The second-order valence-electron chi connectivity index (χ2n) is 6.12. The number of hydrogen-bond donors (Lipinski definition) is 1. The fraction of sp³-hybridized carbons (Fsp3) is 0.929. The molecule has 0 bridgehead atoms. The van der Waals surface area contributed by atoms with Gasteiger partial charge in [0.1, 0.15) is 5.92 Å². The normalized spacial score (nSPS) is 24.9. The lowest BCUT2D eigenvalue weighted by molar-refractivity contribution is -0.160. The molecule has 1 unspecified atom stereocenters. The van der Waals surface area contributed by atoms with Crippen molar-refractivity contribution in [1.82, 2.24) is 9.80 Å². The maximum Gasteiger partial charge on any atom is 0.399 e. The predicted molar refractivity (Wildman–Crippen MR) is 81.2 cm³/mol. The molecule has 3 nitrogen and oxygen atoms in total. The van der Waals surface area contributed by atoms with E-state index in [0.717, 1.165) is 25.9 Å². The van der Waals surface area contributed by atoms with Crippen molar-refractivity contribution in [2.75, 3.05) is 32.7 Å². The molecule has 0 saturated carbocycles. The number of nitrogens with zero attached hydrogens (tertiary/aromatic N) is 2. The molecule has 1 atom stereocenters. The summed E-state index contributed by atoms with van der Waals surface area (Å²) in [6, 6.07) is 0.538. The summed E-state index contributed by atoms with van der Waals surface area (Å²) in [4.78, 5) is 3.92. The number of nitrogens with two attached hydrogens (primary N) is 1. The molecule has 21 heavy (non-hydrogen) atoms. The molecule has 0 aromatic heterocycles. The molecule has 2 heterocycles. The van der Waals surface area contributed by atoms with Crippen molar-refractivity contribution in [3.8, 4) is 0 Å². The third kappa shape index (κ3) is 4.79. The lowest BCUT2D eigenvalue weighted by Gasteiger charge is -2.41. The van der Waals surface area contributed by atoms with Crippen molar-refractivity contribution < 1.29 is 13.2 Å². The minimum absolute atomic E-state index is 0.0917. The molecule has 2 saturated heterocycles. The van der Waals surface area contributed by atoms with Crippen LogP contribution in [0, 0.1) is 5.92 Å². The van der Waals surface area contributed by atoms with E-state index in [9.17, 15) is 13.2 Å². The molecule has 0 aromatic rings. The molecular weight excluding hydrogens is 299 g/mol. The quantitative estimate of drug-likeness (QED) is 0.805. The summed E-state index contributed by atoms with van der Waals surface area (Å²) >= 11 is 4.58. The van der Waals surface area contributed by atoms with Crippen LogP contribution in [-0.4, -0.2) is 59.7 Å². The maximum atomic E-state index is 12.9. The molecule has 2 aliphatic rings. The third-order valence-electron chi connectivity index (χ3n) is 4.64. The Kier molecular flexibility index (Phi) is 5.85. The van der Waals surface area contributed by atoms with Gasteiger partial charge in [-0.2, -0.15) is 13.2 Å². The highest BCUT2D eigenvalue weighted by Gasteiger charge is 2.43. The minimum atomic E-state index is -4.34. The number of piperidine rings is 2. The average Bonchev–Trinajstić information content (AvgIpc) is 2.45. The van der Waals surface area contributed by atoms with Crippen molar-refractivity contribution >= 4 is 17.2 Å². The van der Waals surface area contributed by atoms with Crippen LogP contribution < -0.4 is 5.73 Å². The summed E-state index contributed by atoms with van der Waals surface area (Å²) in [5, 5.41) is 0. The smallest absolute Gasteiger partial charge is 0.393 e. The van der Waals surface area contributed by atoms with Gasteiger partial charge in [-0.3, -0.25) is 0 Å². The summed E-state index contributed by atoms with van der Waals surface area (Å²) in [6.07, 6.45) is 1.35. The number of thiocarbonyl (C=S) groups is 1. The molecular formula is C14H24F3N3S. The Balaban J connectivity index is 1.81. The predicted octanol–water partition coefficient (Wildman–Crippen LogP) is 2.40. The van der Waals surface area contributed by atoms with E-state index in [2.05, 4.69) is 17.1 Å². The summed E-state index contributed by atoms with van der Waals surface area (Å²) < 4.78 is 38.7. The molecule has 0 spiro atoms. The number of hydrogen-bond acceptors (Lipinski definition) is 3. The minimum Gasteiger partial charge on any atom is -0.393 e. The Hall–Kier alpha value is -0.400. The van der Waals surface area contributed by atoms with Gasteiger partial charge in [-0.25, -0.2) is 0 Å². The van der Waals surface area contributed by atoms with Gasteiger partial charge in [0.25, 0.3) is 0 Å². The summed E-state index contributed by atoms with van der Waals surface area (Å²) in [6.45, 7) is 3.60. The summed E-state index contributed by atoms with van der Waals surface area (Å²) in [7, 11) is 0. The molecule has 2 N–H and O–H groups in total. The van der Waals surface area contributed by atoms with Crippen LogP contribution in [0.4, 0.5) is 13.2 Å². The summed E-state index contributed by atoms with van der Waals surface area (Å²) in [5.41, 5.74) is 5.26. The van der Waals surface area contributed by atoms with E-state index in [-0.39, 0.29) is 6.54 Å². The molecule has 2 fully saturated rings. The van der Waals surface area contributed by atoms with E-state index in [4.69, 9.17) is 5.73 Å². The number of alkyl halides is 3. The zero-order chi connectivity index (χ0) is 15.5. The second-order valence-corrected chi connectivity index (χ2v) is 6.60. The fourth-order valence-electron chi connectivity index (χ4n) is 3.36. The van der Waals surface area contributed by atoms with Crippen molar-refractivity contribution in [3.63, 3.8) is 0 Å². The first kappa shape index (κ1) is 17.0. The largest absolute Gasteiger partial charge is 0.399 e. The topological polar surface area (TPSA) is 32.5 Å². The molecule has 7 heteroatoms. The monoisotopic (exact) mass is 323 g/mol. The first-order valence-electron chi connectivity index (χ1n) is 7.70. The average molecular weight is 323 g/mol. The van der Waals surface area contributed by atoms with Gasteiger partial charge in [-0.05, 0) is 51.9 Å². The van der Waals surface area contributed by atoms with E-state index in [1.54, 1.807) is 0 Å².